The van der Waals surface area contributed by atoms with E-state index in [0.29, 0.717) is 35.4 Å². The number of aliphatic carboxylic acids is 1. The fraction of sp³-hybridized carbons (Fsp3) is 0.440. The number of carboxylic acids is 1. The van der Waals surface area contributed by atoms with Crippen LogP contribution in [0.2, 0.25) is 5.02 Å². The minimum atomic E-state index is -1.07. The van der Waals surface area contributed by atoms with Gasteiger partial charge in [0.25, 0.3) is 0 Å². The standard InChI is InChI=1S/C25H28ClNO5/c26-19-10-11-22(31-16-23(28)29)21(14-19)24-20-9-5-4-8-18(20)12-13-27(24)25(30)32-15-17-6-2-1-3-7-17/h4-5,8-11,14,17,24H,1-3,6-7,12-13,15-16H2,(H,28,29). The Bertz CT molecular complexity index is 973. The molecule has 7 heteroatoms. The summed E-state index contributed by atoms with van der Waals surface area (Å²) in [5.41, 5.74) is 2.76. The average molecular weight is 458 g/mol. The SMILES string of the molecule is O=C(O)COc1ccc(Cl)cc1C1c2ccccc2CCN1C(=O)OCC1CCCCC1. The zero-order valence-electron chi connectivity index (χ0n) is 18.0. The van der Waals surface area contributed by atoms with Crippen molar-refractivity contribution in [3.8, 4) is 5.75 Å². The Hall–Kier alpha value is -2.73. The molecule has 1 amide bonds. The number of halogens is 1. The second-order valence-electron chi connectivity index (χ2n) is 8.49. The van der Waals surface area contributed by atoms with Crippen LogP contribution in [0.15, 0.2) is 42.5 Å². The van der Waals surface area contributed by atoms with Gasteiger partial charge in [0.2, 0.25) is 0 Å². The number of rotatable bonds is 6. The first kappa shape index (κ1) is 22.5. The number of hydrogen-bond acceptors (Lipinski definition) is 4. The molecule has 4 rings (SSSR count). The van der Waals surface area contributed by atoms with Crippen LogP contribution < -0.4 is 4.74 Å². The third kappa shape index (κ3) is 5.18. The first-order chi connectivity index (χ1) is 15.5. The van der Waals surface area contributed by atoms with Gasteiger partial charge in [0, 0.05) is 17.1 Å². The maximum Gasteiger partial charge on any atom is 0.410 e. The molecule has 0 radical (unpaired) electrons. The summed E-state index contributed by atoms with van der Waals surface area (Å²) in [5, 5.41) is 9.57. The lowest BCUT2D eigenvalue weighted by Gasteiger charge is -2.38. The van der Waals surface area contributed by atoms with Crippen LogP contribution in [0.3, 0.4) is 0 Å². The number of benzene rings is 2. The molecule has 2 aliphatic rings. The fourth-order valence-electron chi connectivity index (χ4n) is 4.73. The van der Waals surface area contributed by atoms with E-state index in [-0.39, 0.29) is 6.09 Å². The summed E-state index contributed by atoms with van der Waals surface area (Å²) in [6, 6.07) is 12.5. The van der Waals surface area contributed by atoms with E-state index in [9.17, 15) is 9.59 Å². The van der Waals surface area contributed by atoms with Crippen molar-refractivity contribution < 1.29 is 24.2 Å². The molecule has 1 heterocycles. The molecule has 2 aromatic rings. The van der Waals surface area contributed by atoms with Gasteiger partial charge in [-0.1, -0.05) is 55.1 Å². The molecule has 0 spiro atoms. The van der Waals surface area contributed by atoms with Gasteiger partial charge in [0.05, 0.1) is 12.6 Å². The van der Waals surface area contributed by atoms with Gasteiger partial charge in [0.1, 0.15) is 5.75 Å². The molecule has 1 saturated carbocycles. The van der Waals surface area contributed by atoms with E-state index in [2.05, 4.69) is 6.07 Å². The zero-order chi connectivity index (χ0) is 22.5. The molecular formula is C25H28ClNO5. The highest BCUT2D eigenvalue weighted by Crippen LogP contribution is 2.41. The van der Waals surface area contributed by atoms with Crippen molar-refractivity contribution in [1.82, 2.24) is 4.90 Å². The maximum absolute atomic E-state index is 13.2. The molecule has 1 unspecified atom stereocenters. The van der Waals surface area contributed by atoms with Gasteiger partial charge in [-0.15, -0.1) is 0 Å². The van der Waals surface area contributed by atoms with Crippen molar-refractivity contribution in [1.29, 1.82) is 0 Å². The molecule has 1 N–H and O–H groups in total. The molecule has 1 aliphatic heterocycles. The summed E-state index contributed by atoms with van der Waals surface area (Å²) in [4.78, 5) is 26.0. The van der Waals surface area contributed by atoms with Crippen molar-refractivity contribution in [2.45, 2.75) is 44.6 Å². The first-order valence-corrected chi connectivity index (χ1v) is 11.6. The lowest BCUT2D eigenvalue weighted by molar-refractivity contribution is -0.139. The summed E-state index contributed by atoms with van der Waals surface area (Å²) >= 11 is 6.31. The number of hydrogen-bond donors (Lipinski definition) is 1. The second-order valence-corrected chi connectivity index (χ2v) is 8.93. The highest BCUT2D eigenvalue weighted by atomic mass is 35.5. The molecule has 1 fully saturated rings. The third-order valence-corrected chi connectivity index (χ3v) is 6.54. The van der Waals surface area contributed by atoms with Crippen molar-refractivity contribution in [3.63, 3.8) is 0 Å². The van der Waals surface area contributed by atoms with Crippen molar-refractivity contribution in [3.05, 3.63) is 64.2 Å². The molecule has 6 nitrogen and oxygen atoms in total. The Labute approximate surface area is 193 Å². The van der Waals surface area contributed by atoms with Crippen LogP contribution in [0.1, 0.15) is 54.8 Å². The number of carboxylic acid groups (broad SMARTS) is 1. The number of carbonyl (C=O) groups excluding carboxylic acids is 1. The fourth-order valence-corrected chi connectivity index (χ4v) is 4.91. The van der Waals surface area contributed by atoms with E-state index in [4.69, 9.17) is 26.2 Å². The smallest absolute Gasteiger partial charge is 0.410 e. The van der Waals surface area contributed by atoms with Crippen LogP contribution in [-0.2, 0) is 16.0 Å². The third-order valence-electron chi connectivity index (χ3n) is 6.30. The molecule has 0 aromatic heterocycles. The highest BCUT2D eigenvalue weighted by molar-refractivity contribution is 6.30. The van der Waals surface area contributed by atoms with E-state index >= 15 is 0 Å². The van der Waals surface area contributed by atoms with Crippen LogP contribution in [0.4, 0.5) is 4.79 Å². The molecular weight excluding hydrogens is 430 g/mol. The molecule has 1 atom stereocenters. The molecule has 2 aromatic carbocycles. The number of amides is 1. The normalized spacial score (nSPS) is 18.7. The number of ether oxygens (including phenoxy) is 2. The topological polar surface area (TPSA) is 76.1 Å². The number of nitrogens with zero attached hydrogens (tertiary/aromatic N) is 1. The van der Waals surface area contributed by atoms with Crippen LogP contribution in [0.5, 0.6) is 5.75 Å². The molecule has 0 saturated heterocycles. The number of fused-ring (bicyclic) bond motifs is 1. The average Bonchev–Trinajstić information content (AvgIpc) is 2.81. The lowest BCUT2D eigenvalue weighted by Crippen LogP contribution is -2.41. The zero-order valence-corrected chi connectivity index (χ0v) is 18.7. The Morgan fingerprint density at radius 1 is 1.06 bits per heavy atom. The summed E-state index contributed by atoms with van der Waals surface area (Å²) in [6.45, 7) is 0.451. The van der Waals surface area contributed by atoms with E-state index < -0.39 is 18.6 Å². The Balaban J connectivity index is 1.65. The predicted octanol–water partition coefficient (Wildman–Crippen LogP) is 5.47. The quantitative estimate of drug-likeness (QED) is 0.622. The van der Waals surface area contributed by atoms with Gasteiger partial charge in [-0.05, 0) is 54.5 Å². The van der Waals surface area contributed by atoms with Gasteiger partial charge in [-0.25, -0.2) is 9.59 Å². The largest absolute Gasteiger partial charge is 0.482 e. The molecule has 0 bridgehead atoms. The highest BCUT2D eigenvalue weighted by Gasteiger charge is 2.35. The van der Waals surface area contributed by atoms with Gasteiger partial charge >= 0.3 is 12.1 Å². The first-order valence-electron chi connectivity index (χ1n) is 11.2. The Morgan fingerprint density at radius 2 is 1.84 bits per heavy atom. The van der Waals surface area contributed by atoms with E-state index in [0.717, 1.165) is 30.4 Å². The van der Waals surface area contributed by atoms with E-state index in [1.54, 1.807) is 23.1 Å². The van der Waals surface area contributed by atoms with Crippen molar-refractivity contribution in [2.24, 2.45) is 5.92 Å². The molecule has 1 aliphatic carbocycles. The van der Waals surface area contributed by atoms with E-state index in [1.165, 1.54) is 19.3 Å². The van der Waals surface area contributed by atoms with Gasteiger partial charge in [0.15, 0.2) is 6.61 Å². The minimum Gasteiger partial charge on any atom is -0.482 e. The van der Waals surface area contributed by atoms with Crippen LogP contribution in [0.25, 0.3) is 0 Å². The van der Waals surface area contributed by atoms with Crippen LogP contribution in [-0.4, -0.2) is 41.8 Å². The van der Waals surface area contributed by atoms with Crippen molar-refractivity contribution >= 4 is 23.7 Å². The lowest BCUT2D eigenvalue weighted by atomic mass is 9.88. The summed E-state index contributed by atoms with van der Waals surface area (Å²) in [7, 11) is 0. The summed E-state index contributed by atoms with van der Waals surface area (Å²) in [5.74, 6) is -0.258. The predicted molar refractivity (Wildman–Crippen MR) is 121 cm³/mol. The summed E-state index contributed by atoms with van der Waals surface area (Å²) in [6.07, 6.45) is 6.19. The van der Waals surface area contributed by atoms with E-state index in [1.807, 2.05) is 18.2 Å². The second kappa shape index (κ2) is 10.3. The molecule has 170 valence electrons. The maximum atomic E-state index is 13.2. The Morgan fingerprint density at radius 3 is 2.62 bits per heavy atom. The summed E-state index contributed by atoms with van der Waals surface area (Å²) < 4.78 is 11.3. The van der Waals surface area contributed by atoms with Crippen molar-refractivity contribution in [2.75, 3.05) is 19.8 Å². The van der Waals surface area contributed by atoms with Gasteiger partial charge in [-0.2, -0.15) is 0 Å². The van der Waals surface area contributed by atoms with Gasteiger partial charge in [-0.3, -0.25) is 4.90 Å². The minimum absolute atomic E-state index is 0.362. The van der Waals surface area contributed by atoms with Gasteiger partial charge < -0.3 is 14.6 Å². The molecule has 32 heavy (non-hydrogen) atoms. The van der Waals surface area contributed by atoms with Crippen LogP contribution in [0, 0.1) is 5.92 Å². The monoisotopic (exact) mass is 457 g/mol. The number of carbonyl (C=O) groups is 2. The van der Waals surface area contributed by atoms with Crippen LogP contribution >= 0.6 is 11.6 Å². The Kier molecular flexibility index (Phi) is 7.20.